The molecule has 0 saturated carbocycles. The van der Waals surface area contributed by atoms with Crippen LogP contribution < -0.4 is 0 Å². The fourth-order valence-electron chi connectivity index (χ4n) is 1.80. The molecule has 0 aliphatic carbocycles. The Hall–Kier alpha value is -1.30. The van der Waals surface area contributed by atoms with Gasteiger partial charge in [-0.15, -0.1) is 0 Å². The SMILES string of the molecule is [CH2]c1cccc2ccc(C(C)(C)C)cc12. The van der Waals surface area contributed by atoms with E-state index in [0.717, 1.165) is 5.56 Å². The lowest BCUT2D eigenvalue weighted by molar-refractivity contribution is 0.591. The third-order valence-electron chi connectivity index (χ3n) is 2.84. The lowest BCUT2D eigenvalue weighted by Crippen LogP contribution is -2.10. The maximum Gasteiger partial charge on any atom is -0.0132 e. The molecular weight excluding hydrogens is 180 g/mol. The van der Waals surface area contributed by atoms with Crippen molar-refractivity contribution in [2.24, 2.45) is 0 Å². The van der Waals surface area contributed by atoms with Crippen LogP contribution in [0.1, 0.15) is 31.9 Å². The zero-order valence-electron chi connectivity index (χ0n) is 9.67. The van der Waals surface area contributed by atoms with Crippen molar-refractivity contribution in [1.82, 2.24) is 0 Å². The van der Waals surface area contributed by atoms with Crippen LogP contribution in [0.5, 0.6) is 0 Å². The molecule has 0 heterocycles. The molecule has 0 unspecified atom stereocenters. The van der Waals surface area contributed by atoms with Crippen molar-refractivity contribution in [1.29, 1.82) is 0 Å². The first kappa shape index (κ1) is 10.2. The smallest absolute Gasteiger partial charge is 0.0132 e. The van der Waals surface area contributed by atoms with E-state index in [-0.39, 0.29) is 5.41 Å². The summed E-state index contributed by atoms with van der Waals surface area (Å²) in [7, 11) is 0. The number of benzene rings is 2. The zero-order valence-corrected chi connectivity index (χ0v) is 9.67. The third kappa shape index (κ3) is 1.90. The summed E-state index contributed by atoms with van der Waals surface area (Å²) in [4.78, 5) is 0. The Morgan fingerprint density at radius 3 is 2.40 bits per heavy atom. The van der Waals surface area contributed by atoms with Gasteiger partial charge in [-0.3, -0.25) is 0 Å². The predicted octanol–water partition coefficient (Wildman–Crippen LogP) is 4.32. The topological polar surface area (TPSA) is 0 Å². The summed E-state index contributed by atoms with van der Waals surface area (Å²) < 4.78 is 0. The monoisotopic (exact) mass is 197 g/mol. The first-order valence-electron chi connectivity index (χ1n) is 5.34. The molecule has 0 spiro atoms. The average Bonchev–Trinajstić information content (AvgIpc) is 2.16. The summed E-state index contributed by atoms with van der Waals surface area (Å²) in [5.41, 5.74) is 2.68. The molecule has 0 bridgehead atoms. The second-order valence-electron chi connectivity index (χ2n) is 5.10. The molecule has 0 atom stereocenters. The molecule has 2 rings (SSSR count). The normalized spacial score (nSPS) is 12.0. The summed E-state index contributed by atoms with van der Waals surface area (Å²) >= 11 is 0. The van der Waals surface area contributed by atoms with E-state index in [4.69, 9.17) is 0 Å². The van der Waals surface area contributed by atoms with Crippen LogP contribution in [0.4, 0.5) is 0 Å². The lowest BCUT2D eigenvalue weighted by atomic mass is 9.85. The zero-order chi connectivity index (χ0) is 11.1. The molecule has 0 N–H and O–H groups in total. The molecule has 2 aromatic carbocycles. The van der Waals surface area contributed by atoms with E-state index in [1.165, 1.54) is 16.3 Å². The van der Waals surface area contributed by atoms with Crippen molar-refractivity contribution in [2.45, 2.75) is 26.2 Å². The third-order valence-corrected chi connectivity index (χ3v) is 2.84. The molecule has 15 heavy (non-hydrogen) atoms. The Bertz CT molecular complexity index is 487. The number of hydrogen-bond acceptors (Lipinski definition) is 0. The fraction of sp³-hybridized carbons (Fsp3) is 0.267. The van der Waals surface area contributed by atoms with E-state index in [9.17, 15) is 0 Å². The molecule has 77 valence electrons. The van der Waals surface area contributed by atoms with Crippen LogP contribution in [-0.4, -0.2) is 0 Å². The Morgan fingerprint density at radius 1 is 1.00 bits per heavy atom. The van der Waals surface area contributed by atoms with Gasteiger partial charge in [0.15, 0.2) is 0 Å². The van der Waals surface area contributed by atoms with Gasteiger partial charge in [-0.2, -0.15) is 0 Å². The van der Waals surface area contributed by atoms with Gasteiger partial charge in [0.2, 0.25) is 0 Å². The number of hydrogen-bond donors (Lipinski definition) is 0. The van der Waals surface area contributed by atoms with E-state index >= 15 is 0 Å². The minimum Gasteiger partial charge on any atom is -0.0614 e. The molecule has 0 nitrogen and oxygen atoms in total. The maximum absolute atomic E-state index is 4.07. The molecule has 0 aliphatic heterocycles. The molecule has 0 fully saturated rings. The first-order chi connectivity index (χ1) is 6.98. The van der Waals surface area contributed by atoms with Crippen molar-refractivity contribution >= 4 is 10.8 Å². The van der Waals surface area contributed by atoms with Crippen LogP contribution in [-0.2, 0) is 5.41 Å². The number of fused-ring (bicyclic) bond motifs is 1. The Labute approximate surface area is 91.9 Å². The van der Waals surface area contributed by atoms with Crippen LogP contribution in [0, 0.1) is 6.92 Å². The van der Waals surface area contributed by atoms with Gasteiger partial charge in [0, 0.05) is 0 Å². The minimum absolute atomic E-state index is 0.205. The van der Waals surface area contributed by atoms with Crippen LogP contribution in [0.3, 0.4) is 0 Å². The Balaban J connectivity index is 2.70. The molecule has 0 aliphatic rings. The molecule has 0 saturated heterocycles. The van der Waals surface area contributed by atoms with E-state index in [2.05, 4.69) is 64.1 Å². The van der Waals surface area contributed by atoms with E-state index in [1.54, 1.807) is 0 Å². The minimum atomic E-state index is 0.205. The van der Waals surface area contributed by atoms with Crippen molar-refractivity contribution in [3.63, 3.8) is 0 Å². The summed E-state index contributed by atoms with van der Waals surface area (Å²) in [5.74, 6) is 0. The fourth-order valence-corrected chi connectivity index (χ4v) is 1.80. The summed E-state index contributed by atoms with van der Waals surface area (Å²) in [5, 5.41) is 2.54. The predicted molar refractivity (Wildman–Crippen MR) is 67.1 cm³/mol. The van der Waals surface area contributed by atoms with Gasteiger partial charge in [0.05, 0.1) is 0 Å². The number of rotatable bonds is 0. The highest BCUT2D eigenvalue weighted by molar-refractivity contribution is 5.87. The van der Waals surface area contributed by atoms with E-state index < -0.39 is 0 Å². The van der Waals surface area contributed by atoms with Crippen molar-refractivity contribution in [2.75, 3.05) is 0 Å². The summed E-state index contributed by atoms with van der Waals surface area (Å²) in [6.07, 6.45) is 0. The van der Waals surface area contributed by atoms with Crippen molar-refractivity contribution in [3.05, 3.63) is 54.4 Å². The van der Waals surface area contributed by atoms with Crippen molar-refractivity contribution < 1.29 is 0 Å². The van der Waals surface area contributed by atoms with Gasteiger partial charge in [-0.05, 0) is 34.2 Å². The Kier molecular flexibility index (Phi) is 2.30. The van der Waals surface area contributed by atoms with Gasteiger partial charge >= 0.3 is 0 Å². The molecule has 0 amide bonds. The maximum atomic E-state index is 4.07. The summed E-state index contributed by atoms with van der Waals surface area (Å²) in [6.45, 7) is 10.8. The van der Waals surface area contributed by atoms with Crippen LogP contribution in [0.2, 0.25) is 0 Å². The average molecular weight is 197 g/mol. The first-order valence-corrected chi connectivity index (χ1v) is 5.34. The van der Waals surface area contributed by atoms with E-state index in [0.29, 0.717) is 0 Å². The van der Waals surface area contributed by atoms with Gasteiger partial charge in [0.25, 0.3) is 0 Å². The highest BCUT2D eigenvalue weighted by Crippen LogP contribution is 2.27. The Morgan fingerprint density at radius 2 is 1.73 bits per heavy atom. The summed E-state index contributed by atoms with van der Waals surface area (Å²) in [6, 6.07) is 12.9. The largest absolute Gasteiger partial charge is 0.0614 e. The molecular formula is C15H17. The standard InChI is InChI=1S/C15H17/c1-11-6-5-7-12-8-9-13(10-14(11)12)15(2,3)4/h5-10H,1H2,2-4H3. The molecule has 2 aromatic rings. The van der Waals surface area contributed by atoms with Crippen LogP contribution >= 0.6 is 0 Å². The van der Waals surface area contributed by atoms with E-state index in [1.807, 2.05) is 0 Å². The van der Waals surface area contributed by atoms with Crippen LogP contribution in [0.25, 0.3) is 10.8 Å². The highest BCUT2D eigenvalue weighted by Gasteiger charge is 2.13. The second-order valence-corrected chi connectivity index (χ2v) is 5.10. The quantitative estimate of drug-likeness (QED) is 0.590. The molecule has 0 aromatic heterocycles. The van der Waals surface area contributed by atoms with Gasteiger partial charge < -0.3 is 0 Å². The van der Waals surface area contributed by atoms with Crippen molar-refractivity contribution in [3.8, 4) is 0 Å². The van der Waals surface area contributed by atoms with Gasteiger partial charge in [-0.25, -0.2) is 0 Å². The lowest BCUT2D eigenvalue weighted by Gasteiger charge is -2.19. The molecule has 1 radical (unpaired) electrons. The second kappa shape index (κ2) is 3.37. The van der Waals surface area contributed by atoms with Gasteiger partial charge in [-0.1, -0.05) is 57.2 Å². The van der Waals surface area contributed by atoms with Gasteiger partial charge in [0.1, 0.15) is 0 Å². The highest BCUT2D eigenvalue weighted by atomic mass is 14.2. The molecule has 0 heteroatoms. The van der Waals surface area contributed by atoms with Crippen LogP contribution in [0.15, 0.2) is 36.4 Å².